The van der Waals surface area contributed by atoms with Gasteiger partial charge in [-0.25, -0.2) is 0 Å². The maximum absolute atomic E-state index is 9.52. The van der Waals surface area contributed by atoms with Crippen LogP contribution in [0.4, 0.5) is 17.1 Å². The lowest BCUT2D eigenvalue weighted by Gasteiger charge is -2.34. The Kier molecular flexibility index (Phi) is 4.16. The van der Waals surface area contributed by atoms with Gasteiger partial charge in [-0.15, -0.1) is 0 Å². The zero-order chi connectivity index (χ0) is 19.3. The monoisotopic (exact) mass is 383 g/mol. The topological polar surface area (TPSA) is 43.7 Å². The second-order valence-corrected chi connectivity index (χ2v) is 8.08. The molecule has 0 bridgehead atoms. The summed E-state index contributed by atoms with van der Waals surface area (Å²) in [5.74, 6) is 0. The van der Waals surface area contributed by atoms with Crippen LogP contribution < -0.4 is 10.4 Å². The van der Waals surface area contributed by atoms with Crippen LogP contribution in [-0.2, 0) is 0 Å². The SMILES string of the molecule is Cc1cc(B(O)O)ccc1N1c2ccccc2Sc2cc3ccccc3cc21. The minimum Gasteiger partial charge on any atom is -0.423 e. The fourth-order valence-electron chi connectivity index (χ4n) is 3.79. The third-order valence-electron chi connectivity index (χ3n) is 5.15. The van der Waals surface area contributed by atoms with Gasteiger partial charge in [-0.2, -0.15) is 0 Å². The van der Waals surface area contributed by atoms with Gasteiger partial charge in [-0.3, -0.25) is 0 Å². The summed E-state index contributed by atoms with van der Waals surface area (Å²) in [6.45, 7) is 2.01. The van der Waals surface area contributed by atoms with Gasteiger partial charge in [0.1, 0.15) is 0 Å². The molecule has 0 aromatic heterocycles. The van der Waals surface area contributed by atoms with E-state index in [1.165, 1.54) is 20.6 Å². The van der Waals surface area contributed by atoms with Crippen LogP contribution in [0.25, 0.3) is 10.8 Å². The van der Waals surface area contributed by atoms with Crippen molar-refractivity contribution in [3.05, 3.63) is 84.4 Å². The average molecular weight is 383 g/mol. The lowest BCUT2D eigenvalue weighted by Crippen LogP contribution is -2.30. The molecule has 0 amide bonds. The highest BCUT2D eigenvalue weighted by Gasteiger charge is 2.26. The summed E-state index contributed by atoms with van der Waals surface area (Å²) >= 11 is 1.79. The van der Waals surface area contributed by atoms with Gasteiger partial charge in [0.15, 0.2) is 0 Å². The molecule has 0 unspecified atom stereocenters. The van der Waals surface area contributed by atoms with E-state index in [2.05, 4.69) is 65.6 Å². The molecule has 136 valence electrons. The normalized spacial score (nSPS) is 12.6. The molecule has 0 spiro atoms. The number of anilines is 3. The van der Waals surface area contributed by atoms with Crippen LogP contribution in [0.5, 0.6) is 0 Å². The lowest BCUT2D eigenvalue weighted by molar-refractivity contribution is 0.426. The second kappa shape index (κ2) is 6.71. The quantitative estimate of drug-likeness (QED) is 0.432. The highest BCUT2D eigenvalue weighted by atomic mass is 32.2. The predicted molar refractivity (Wildman–Crippen MR) is 117 cm³/mol. The smallest absolute Gasteiger partial charge is 0.423 e. The Morgan fingerprint density at radius 3 is 2.18 bits per heavy atom. The standard InChI is InChI=1S/C23H18BNO2S/c1-15-12-18(24(26)27)10-11-19(15)25-20-8-4-5-9-22(20)28-23-14-17-7-3-2-6-16(17)13-21(23)25/h2-14,26-27H,1H3. The molecule has 1 aliphatic rings. The van der Waals surface area contributed by atoms with Gasteiger partial charge >= 0.3 is 7.12 Å². The fourth-order valence-corrected chi connectivity index (χ4v) is 4.88. The minimum atomic E-state index is -1.46. The molecule has 0 atom stereocenters. The fraction of sp³-hybridized carbons (Fsp3) is 0.0435. The van der Waals surface area contributed by atoms with Crippen molar-refractivity contribution in [2.24, 2.45) is 0 Å². The van der Waals surface area contributed by atoms with Crippen LogP contribution in [0.2, 0.25) is 0 Å². The maximum atomic E-state index is 9.52. The first-order chi connectivity index (χ1) is 13.6. The van der Waals surface area contributed by atoms with E-state index >= 15 is 0 Å². The van der Waals surface area contributed by atoms with Crippen molar-refractivity contribution in [2.75, 3.05) is 4.90 Å². The maximum Gasteiger partial charge on any atom is 0.488 e. The third kappa shape index (κ3) is 2.80. The molecular weight excluding hydrogens is 365 g/mol. The molecule has 0 radical (unpaired) electrons. The van der Waals surface area contributed by atoms with E-state index in [1.54, 1.807) is 17.8 Å². The molecule has 1 aliphatic heterocycles. The molecule has 1 heterocycles. The number of benzene rings is 4. The first-order valence-electron chi connectivity index (χ1n) is 9.18. The highest BCUT2D eigenvalue weighted by Crippen LogP contribution is 2.52. The van der Waals surface area contributed by atoms with Gasteiger partial charge in [0.2, 0.25) is 0 Å². The van der Waals surface area contributed by atoms with Crippen LogP contribution in [0.3, 0.4) is 0 Å². The van der Waals surface area contributed by atoms with E-state index in [0.717, 1.165) is 22.6 Å². The molecule has 5 rings (SSSR count). The van der Waals surface area contributed by atoms with E-state index in [-0.39, 0.29) is 0 Å². The van der Waals surface area contributed by atoms with E-state index in [0.29, 0.717) is 5.46 Å². The van der Waals surface area contributed by atoms with Gasteiger partial charge < -0.3 is 14.9 Å². The summed E-state index contributed by atoms with van der Waals surface area (Å²) < 4.78 is 0. The Bertz CT molecular complexity index is 1210. The molecule has 4 aromatic rings. The van der Waals surface area contributed by atoms with Crippen molar-refractivity contribution in [1.29, 1.82) is 0 Å². The van der Waals surface area contributed by atoms with Gasteiger partial charge in [-0.05, 0) is 59.1 Å². The third-order valence-corrected chi connectivity index (χ3v) is 6.27. The van der Waals surface area contributed by atoms with E-state index < -0.39 is 7.12 Å². The molecule has 0 saturated carbocycles. The Morgan fingerprint density at radius 1 is 0.714 bits per heavy atom. The molecule has 0 saturated heterocycles. The second-order valence-electron chi connectivity index (χ2n) is 6.99. The largest absolute Gasteiger partial charge is 0.488 e. The van der Waals surface area contributed by atoms with Crippen molar-refractivity contribution in [2.45, 2.75) is 16.7 Å². The summed E-state index contributed by atoms with van der Waals surface area (Å²) in [5.41, 5.74) is 4.80. The van der Waals surface area contributed by atoms with Crippen LogP contribution in [0, 0.1) is 6.92 Å². The Morgan fingerprint density at radius 2 is 1.43 bits per heavy atom. The number of fused-ring (bicyclic) bond motifs is 3. The van der Waals surface area contributed by atoms with Crippen LogP contribution >= 0.6 is 11.8 Å². The van der Waals surface area contributed by atoms with Gasteiger partial charge in [0.05, 0.1) is 11.4 Å². The van der Waals surface area contributed by atoms with E-state index in [9.17, 15) is 10.0 Å². The summed E-state index contributed by atoms with van der Waals surface area (Å²) in [6.07, 6.45) is 0. The van der Waals surface area contributed by atoms with Crippen molar-refractivity contribution in [1.82, 2.24) is 0 Å². The number of hydrogen-bond donors (Lipinski definition) is 2. The average Bonchev–Trinajstić information content (AvgIpc) is 2.71. The molecule has 3 nitrogen and oxygen atoms in total. The zero-order valence-electron chi connectivity index (χ0n) is 15.3. The Labute approximate surface area is 168 Å². The number of hydrogen-bond acceptors (Lipinski definition) is 4. The van der Waals surface area contributed by atoms with Gasteiger partial charge in [0.25, 0.3) is 0 Å². The summed E-state index contributed by atoms with van der Waals surface area (Å²) in [6, 6.07) is 26.9. The van der Waals surface area contributed by atoms with E-state index in [1.807, 2.05) is 19.1 Å². The summed E-state index contributed by atoms with van der Waals surface area (Å²) in [4.78, 5) is 4.69. The minimum absolute atomic E-state index is 0.500. The van der Waals surface area contributed by atoms with Crippen molar-refractivity contribution >= 4 is 52.2 Å². The lowest BCUT2D eigenvalue weighted by atomic mass is 9.79. The summed E-state index contributed by atoms with van der Waals surface area (Å²) in [5, 5.41) is 21.5. The number of aryl methyl sites for hydroxylation is 1. The number of para-hydroxylation sites is 1. The van der Waals surface area contributed by atoms with Crippen molar-refractivity contribution < 1.29 is 10.0 Å². The molecule has 5 heteroatoms. The van der Waals surface area contributed by atoms with Crippen molar-refractivity contribution in [3.8, 4) is 0 Å². The Balaban J connectivity index is 1.76. The molecule has 0 aliphatic carbocycles. The van der Waals surface area contributed by atoms with Crippen molar-refractivity contribution in [3.63, 3.8) is 0 Å². The number of nitrogens with zero attached hydrogens (tertiary/aromatic N) is 1. The predicted octanol–water partition coefficient (Wildman–Crippen LogP) is 4.76. The molecule has 0 fully saturated rings. The highest BCUT2D eigenvalue weighted by molar-refractivity contribution is 7.99. The van der Waals surface area contributed by atoms with Gasteiger partial charge in [-0.1, -0.05) is 60.3 Å². The van der Waals surface area contributed by atoms with Gasteiger partial charge in [0, 0.05) is 15.5 Å². The first-order valence-corrected chi connectivity index (χ1v) is 10.00. The Hall–Kier alpha value is -2.73. The van der Waals surface area contributed by atoms with Crippen LogP contribution in [0.1, 0.15) is 5.56 Å². The summed E-state index contributed by atoms with van der Waals surface area (Å²) in [7, 11) is -1.46. The van der Waals surface area contributed by atoms with Crippen LogP contribution in [0.15, 0.2) is 88.7 Å². The molecule has 4 aromatic carbocycles. The number of rotatable bonds is 2. The molecule has 28 heavy (non-hydrogen) atoms. The first kappa shape index (κ1) is 17.4. The van der Waals surface area contributed by atoms with E-state index in [4.69, 9.17) is 0 Å². The zero-order valence-corrected chi connectivity index (χ0v) is 16.1. The van der Waals surface area contributed by atoms with Crippen LogP contribution in [-0.4, -0.2) is 17.2 Å². The molecule has 2 N–H and O–H groups in total. The molecular formula is C23H18BNO2S.